The predicted molar refractivity (Wildman–Crippen MR) is 83.6 cm³/mol. The highest BCUT2D eigenvalue weighted by molar-refractivity contribution is 7.86. The van der Waals surface area contributed by atoms with E-state index in [1.807, 2.05) is 25.1 Å². The molecule has 4 nitrogen and oxygen atoms in total. The Labute approximate surface area is 135 Å². The van der Waals surface area contributed by atoms with Crippen LogP contribution in [0.4, 0.5) is 13.2 Å². The molecule has 1 aromatic rings. The van der Waals surface area contributed by atoms with E-state index in [4.69, 9.17) is 4.55 Å². The Hall–Kier alpha value is -1.15. The molecule has 0 bridgehead atoms. The van der Waals surface area contributed by atoms with Crippen LogP contribution in [0.2, 0.25) is 0 Å². The summed E-state index contributed by atoms with van der Waals surface area (Å²) >= 11 is 0. The standard InChI is InChI=1S/C10H19F3O3S.C5H5N/c1-2-3-4-5-6-7-8-9(11)10(12,13)17(14,15)16;1-2-4-6-5-3-1/h9H,2-8H2,1H3,(H,14,15,16);1-5H. The molecular weight excluding hydrogens is 331 g/mol. The lowest BCUT2D eigenvalue weighted by Crippen LogP contribution is -2.38. The van der Waals surface area contributed by atoms with Gasteiger partial charge in [-0.2, -0.15) is 17.2 Å². The fraction of sp³-hybridized carbons (Fsp3) is 0.667. The summed E-state index contributed by atoms with van der Waals surface area (Å²) in [5.41, 5.74) is 0. The summed E-state index contributed by atoms with van der Waals surface area (Å²) in [7, 11) is -5.66. The van der Waals surface area contributed by atoms with E-state index in [9.17, 15) is 21.6 Å². The number of hydrogen-bond donors (Lipinski definition) is 1. The van der Waals surface area contributed by atoms with E-state index in [1.165, 1.54) is 0 Å². The van der Waals surface area contributed by atoms with Crippen molar-refractivity contribution < 1.29 is 26.1 Å². The average molecular weight is 355 g/mol. The smallest absolute Gasteiger partial charge is 0.281 e. The van der Waals surface area contributed by atoms with Gasteiger partial charge in [0.1, 0.15) is 0 Å². The van der Waals surface area contributed by atoms with Gasteiger partial charge in [-0.3, -0.25) is 9.54 Å². The molecule has 0 aliphatic carbocycles. The van der Waals surface area contributed by atoms with Crippen molar-refractivity contribution in [3.8, 4) is 0 Å². The molecule has 0 saturated heterocycles. The van der Waals surface area contributed by atoms with E-state index in [0.29, 0.717) is 6.42 Å². The van der Waals surface area contributed by atoms with Crippen LogP contribution in [0.1, 0.15) is 51.9 Å². The van der Waals surface area contributed by atoms with Crippen LogP contribution in [-0.2, 0) is 10.1 Å². The van der Waals surface area contributed by atoms with Crippen LogP contribution in [0.5, 0.6) is 0 Å². The first-order valence-electron chi connectivity index (χ1n) is 7.57. The van der Waals surface area contributed by atoms with Crippen molar-refractivity contribution in [1.82, 2.24) is 4.98 Å². The zero-order chi connectivity index (χ0) is 17.8. The Morgan fingerprint density at radius 1 is 1.04 bits per heavy atom. The van der Waals surface area contributed by atoms with Gasteiger partial charge in [0.2, 0.25) is 0 Å². The number of nitrogens with zero attached hydrogens (tertiary/aromatic N) is 1. The summed E-state index contributed by atoms with van der Waals surface area (Å²) in [6.07, 6.45) is 4.74. The van der Waals surface area contributed by atoms with Gasteiger partial charge < -0.3 is 0 Å². The lowest BCUT2D eigenvalue weighted by Gasteiger charge is -2.17. The van der Waals surface area contributed by atoms with Crippen molar-refractivity contribution in [2.45, 2.75) is 63.3 Å². The zero-order valence-electron chi connectivity index (χ0n) is 13.2. The minimum Gasteiger partial charge on any atom is -0.281 e. The van der Waals surface area contributed by atoms with Gasteiger partial charge in [0.15, 0.2) is 6.17 Å². The molecule has 0 amide bonds. The largest absolute Gasteiger partial charge is 0.400 e. The van der Waals surface area contributed by atoms with Crippen LogP contribution in [-0.4, -0.2) is 29.4 Å². The lowest BCUT2D eigenvalue weighted by atomic mass is 10.1. The third-order valence-corrected chi connectivity index (χ3v) is 4.03. The van der Waals surface area contributed by atoms with Crippen molar-refractivity contribution >= 4 is 10.1 Å². The molecule has 1 unspecified atom stereocenters. The Bertz CT molecular complexity index is 471. The number of aromatic nitrogens is 1. The molecule has 1 aromatic heterocycles. The monoisotopic (exact) mass is 355 g/mol. The number of alkyl halides is 3. The van der Waals surface area contributed by atoms with Crippen LogP contribution in [0.25, 0.3) is 0 Å². The van der Waals surface area contributed by atoms with Gasteiger partial charge in [-0.25, -0.2) is 4.39 Å². The highest BCUT2D eigenvalue weighted by atomic mass is 32.2. The molecule has 1 atom stereocenters. The first-order valence-corrected chi connectivity index (χ1v) is 9.01. The molecule has 134 valence electrons. The molecule has 1 rings (SSSR count). The summed E-state index contributed by atoms with van der Waals surface area (Å²) in [5, 5.41) is -4.70. The molecule has 0 aliphatic rings. The van der Waals surface area contributed by atoms with Crippen LogP contribution in [0.15, 0.2) is 30.6 Å². The van der Waals surface area contributed by atoms with Gasteiger partial charge in [-0.05, 0) is 18.6 Å². The summed E-state index contributed by atoms with van der Waals surface area (Å²) in [5.74, 6) is 0. The molecule has 0 radical (unpaired) electrons. The van der Waals surface area contributed by atoms with Gasteiger partial charge in [-0.1, -0.05) is 51.5 Å². The molecule has 0 aromatic carbocycles. The third-order valence-electron chi connectivity index (χ3n) is 3.09. The highest BCUT2D eigenvalue weighted by Crippen LogP contribution is 2.30. The molecule has 0 aliphatic heterocycles. The van der Waals surface area contributed by atoms with Crippen LogP contribution >= 0.6 is 0 Å². The Kier molecular flexibility index (Phi) is 10.8. The summed E-state index contributed by atoms with van der Waals surface area (Å²) < 4.78 is 67.1. The number of hydrogen-bond acceptors (Lipinski definition) is 3. The third kappa shape index (κ3) is 9.55. The van der Waals surface area contributed by atoms with E-state index < -0.39 is 28.0 Å². The molecule has 1 heterocycles. The second-order valence-corrected chi connectivity index (χ2v) is 6.58. The lowest BCUT2D eigenvalue weighted by molar-refractivity contribution is -0.00708. The van der Waals surface area contributed by atoms with Crippen molar-refractivity contribution in [3.63, 3.8) is 0 Å². The van der Waals surface area contributed by atoms with Gasteiger partial charge in [0.25, 0.3) is 0 Å². The Morgan fingerprint density at radius 3 is 1.96 bits per heavy atom. The number of unbranched alkanes of at least 4 members (excludes halogenated alkanes) is 5. The number of pyridine rings is 1. The fourth-order valence-electron chi connectivity index (χ4n) is 1.75. The summed E-state index contributed by atoms with van der Waals surface area (Å²) in [6.45, 7) is 2.03. The topological polar surface area (TPSA) is 67.3 Å². The van der Waals surface area contributed by atoms with Crippen LogP contribution < -0.4 is 0 Å². The minimum absolute atomic E-state index is 0.190. The van der Waals surface area contributed by atoms with Crippen molar-refractivity contribution in [2.75, 3.05) is 0 Å². The van der Waals surface area contributed by atoms with Crippen LogP contribution in [0.3, 0.4) is 0 Å². The maximum atomic E-state index is 13.0. The van der Waals surface area contributed by atoms with Gasteiger partial charge in [0.05, 0.1) is 0 Å². The predicted octanol–water partition coefficient (Wildman–Crippen LogP) is 4.64. The normalized spacial score (nSPS) is 13.1. The zero-order valence-corrected chi connectivity index (χ0v) is 14.0. The van der Waals surface area contributed by atoms with E-state index in [1.54, 1.807) is 12.4 Å². The molecule has 0 spiro atoms. The summed E-state index contributed by atoms with van der Waals surface area (Å²) in [6, 6.07) is 5.72. The van der Waals surface area contributed by atoms with E-state index in [0.717, 1.165) is 25.7 Å². The van der Waals surface area contributed by atoms with Crippen LogP contribution in [0, 0.1) is 0 Å². The maximum absolute atomic E-state index is 13.0. The van der Waals surface area contributed by atoms with Gasteiger partial charge >= 0.3 is 15.4 Å². The van der Waals surface area contributed by atoms with Crippen molar-refractivity contribution in [3.05, 3.63) is 30.6 Å². The molecule has 0 fully saturated rings. The van der Waals surface area contributed by atoms with E-state index >= 15 is 0 Å². The van der Waals surface area contributed by atoms with E-state index in [-0.39, 0.29) is 6.42 Å². The fourth-order valence-corrected chi connectivity index (χ4v) is 2.19. The average Bonchev–Trinajstić information content (AvgIpc) is 2.51. The number of halogens is 3. The molecule has 8 heteroatoms. The first kappa shape index (κ1) is 21.9. The molecule has 23 heavy (non-hydrogen) atoms. The molecule has 1 N–H and O–H groups in total. The second-order valence-electron chi connectivity index (χ2n) is 5.09. The van der Waals surface area contributed by atoms with Crippen molar-refractivity contribution in [1.29, 1.82) is 0 Å². The van der Waals surface area contributed by atoms with Crippen molar-refractivity contribution in [2.24, 2.45) is 0 Å². The quantitative estimate of drug-likeness (QED) is 0.518. The summed E-state index contributed by atoms with van der Waals surface area (Å²) in [4.78, 5) is 3.78. The maximum Gasteiger partial charge on any atom is 0.400 e. The SMILES string of the molecule is CCCCCCCCC(F)C(F)(F)S(=O)(=O)O.c1ccncc1. The Morgan fingerprint density at radius 2 is 1.57 bits per heavy atom. The van der Waals surface area contributed by atoms with E-state index in [2.05, 4.69) is 4.98 Å². The second kappa shape index (κ2) is 11.4. The number of rotatable bonds is 9. The minimum atomic E-state index is -5.66. The van der Waals surface area contributed by atoms with Gasteiger partial charge in [0, 0.05) is 12.4 Å². The van der Waals surface area contributed by atoms with Gasteiger partial charge in [-0.15, -0.1) is 0 Å². The molecular formula is C15H24F3NO3S. The highest BCUT2D eigenvalue weighted by Gasteiger charge is 2.52. The molecule has 0 saturated carbocycles. The Balaban J connectivity index is 0.000000664. The first-order chi connectivity index (χ1) is 10.7.